The minimum Gasteiger partial charge on any atom is -0.399 e. The lowest BCUT2D eigenvalue weighted by Gasteiger charge is -2.32. The molecule has 9 rings (SSSR count). The molecule has 0 radical (unpaired) electrons. The van der Waals surface area contributed by atoms with Gasteiger partial charge in [-0.25, -0.2) is 15.0 Å². The van der Waals surface area contributed by atoms with Crippen LogP contribution in [0.3, 0.4) is 0 Å². The Hall–Kier alpha value is -5.95. The van der Waals surface area contributed by atoms with Gasteiger partial charge < -0.3 is 9.31 Å². The van der Waals surface area contributed by atoms with E-state index in [1.807, 2.05) is 60.7 Å². The van der Waals surface area contributed by atoms with Gasteiger partial charge in [-0.15, -0.1) is 0 Å². The highest BCUT2D eigenvalue weighted by Gasteiger charge is 2.52. The molecular weight excluding hydrogens is 649 g/mol. The lowest BCUT2D eigenvalue weighted by molar-refractivity contribution is 0.00578. The zero-order valence-corrected chi connectivity index (χ0v) is 30.2. The van der Waals surface area contributed by atoms with Gasteiger partial charge >= 0.3 is 7.12 Å². The van der Waals surface area contributed by atoms with Crippen molar-refractivity contribution in [1.82, 2.24) is 15.0 Å². The molecule has 0 amide bonds. The summed E-state index contributed by atoms with van der Waals surface area (Å²) in [5.74, 6) is 1.92. The first kappa shape index (κ1) is 32.9. The van der Waals surface area contributed by atoms with Crippen molar-refractivity contribution in [2.45, 2.75) is 38.9 Å². The molecule has 256 valence electrons. The molecule has 1 aliphatic heterocycles. The molecule has 0 aliphatic carbocycles. The van der Waals surface area contributed by atoms with Gasteiger partial charge in [0.15, 0.2) is 17.5 Å². The number of hydrogen-bond acceptors (Lipinski definition) is 5. The first-order valence-electron chi connectivity index (χ1n) is 18.1. The molecule has 1 aliphatic rings. The van der Waals surface area contributed by atoms with E-state index >= 15 is 0 Å². The Kier molecular flexibility index (Phi) is 8.03. The van der Waals surface area contributed by atoms with Crippen molar-refractivity contribution < 1.29 is 9.31 Å². The Morgan fingerprint density at radius 2 is 0.774 bits per heavy atom. The van der Waals surface area contributed by atoms with Crippen molar-refractivity contribution in [3.05, 3.63) is 158 Å². The maximum atomic E-state index is 6.50. The number of hydrogen-bond donors (Lipinski definition) is 0. The van der Waals surface area contributed by atoms with E-state index in [-0.39, 0.29) is 0 Å². The van der Waals surface area contributed by atoms with Crippen LogP contribution >= 0.6 is 0 Å². The zero-order valence-electron chi connectivity index (χ0n) is 30.2. The predicted molar refractivity (Wildman–Crippen MR) is 218 cm³/mol. The van der Waals surface area contributed by atoms with Crippen molar-refractivity contribution >= 4 is 34.1 Å². The minimum absolute atomic E-state index is 0.418. The Bertz CT molecular complexity index is 2570. The third-order valence-electron chi connectivity index (χ3n) is 10.8. The molecule has 0 atom stereocenters. The van der Waals surface area contributed by atoms with Gasteiger partial charge in [0.05, 0.1) is 11.2 Å². The van der Waals surface area contributed by atoms with Crippen LogP contribution in [0.1, 0.15) is 27.7 Å². The van der Waals surface area contributed by atoms with Crippen LogP contribution in [0.4, 0.5) is 0 Å². The van der Waals surface area contributed by atoms with Crippen molar-refractivity contribution in [2.75, 3.05) is 0 Å². The molecule has 1 aromatic heterocycles. The van der Waals surface area contributed by atoms with E-state index in [4.69, 9.17) is 24.3 Å². The average molecular weight is 688 g/mol. The minimum atomic E-state index is -0.442. The fourth-order valence-corrected chi connectivity index (χ4v) is 7.28. The summed E-state index contributed by atoms with van der Waals surface area (Å²) in [4.78, 5) is 14.9. The van der Waals surface area contributed by atoms with Crippen LogP contribution < -0.4 is 5.46 Å². The third-order valence-corrected chi connectivity index (χ3v) is 10.8. The second-order valence-electron chi connectivity index (χ2n) is 14.7. The summed E-state index contributed by atoms with van der Waals surface area (Å²) in [7, 11) is -0.442. The summed E-state index contributed by atoms with van der Waals surface area (Å²) in [6.07, 6.45) is 0. The van der Waals surface area contributed by atoms with Gasteiger partial charge in [0.2, 0.25) is 0 Å². The highest BCUT2D eigenvalue weighted by Crippen LogP contribution is 2.41. The highest BCUT2D eigenvalue weighted by atomic mass is 16.7. The van der Waals surface area contributed by atoms with E-state index in [2.05, 4.69) is 125 Å². The summed E-state index contributed by atoms with van der Waals surface area (Å²) >= 11 is 0. The fourth-order valence-electron chi connectivity index (χ4n) is 7.28. The molecule has 53 heavy (non-hydrogen) atoms. The molecule has 1 saturated heterocycles. The van der Waals surface area contributed by atoms with Gasteiger partial charge in [0.25, 0.3) is 0 Å². The maximum Gasteiger partial charge on any atom is 0.495 e. The van der Waals surface area contributed by atoms with Crippen LogP contribution in [0.5, 0.6) is 0 Å². The second-order valence-corrected chi connectivity index (χ2v) is 14.7. The summed E-state index contributed by atoms with van der Waals surface area (Å²) in [6, 6.07) is 54.8. The Balaban J connectivity index is 1.15. The van der Waals surface area contributed by atoms with Gasteiger partial charge in [0, 0.05) is 16.7 Å². The number of benzene rings is 7. The predicted octanol–water partition coefficient (Wildman–Crippen LogP) is 10.8. The molecule has 0 unspecified atom stereocenters. The lowest BCUT2D eigenvalue weighted by atomic mass is 9.74. The van der Waals surface area contributed by atoms with E-state index in [0.717, 1.165) is 44.1 Å². The summed E-state index contributed by atoms with van der Waals surface area (Å²) in [6.45, 7) is 8.39. The molecule has 0 bridgehead atoms. The molecule has 6 heteroatoms. The number of nitrogens with zero attached hydrogens (tertiary/aromatic N) is 3. The number of rotatable bonds is 6. The van der Waals surface area contributed by atoms with E-state index < -0.39 is 18.3 Å². The Morgan fingerprint density at radius 3 is 1.34 bits per heavy atom. The van der Waals surface area contributed by atoms with E-state index in [1.165, 1.54) is 21.9 Å². The fraction of sp³-hybridized carbons (Fsp3) is 0.128. The summed E-state index contributed by atoms with van der Waals surface area (Å²) in [5, 5.41) is 4.65. The largest absolute Gasteiger partial charge is 0.495 e. The van der Waals surface area contributed by atoms with E-state index in [9.17, 15) is 0 Å². The monoisotopic (exact) mass is 687 g/mol. The summed E-state index contributed by atoms with van der Waals surface area (Å²) < 4.78 is 13.0. The van der Waals surface area contributed by atoms with Gasteiger partial charge in [-0.05, 0) is 83.0 Å². The zero-order chi connectivity index (χ0) is 36.2. The van der Waals surface area contributed by atoms with Crippen molar-refractivity contribution in [3.63, 3.8) is 0 Å². The Labute approximate surface area is 310 Å². The molecule has 7 aromatic carbocycles. The van der Waals surface area contributed by atoms with Gasteiger partial charge in [-0.1, -0.05) is 152 Å². The first-order chi connectivity index (χ1) is 25.8. The molecular formula is C47H38BN3O2. The van der Waals surface area contributed by atoms with Crippen molar-refractivity contribution in [2.24, 2.45) is 0 Å². The number of aromatic nitrogens is 3. The van der Waals surface area contributed by atoms with Gasteiger partial charge in [-0.2, -0.15) is 0 Å². The quantitative estimate of drug-likeness (QED) is 0.163. The van der Waals surface area contributed by atoms with Crippen LogP contribution in [0.25, 0.3) is 78.0 Å². The van der Waals surface area contributed by atoms with Crippen LogP contribution in [-0.2, 0) is 9.31 Å². The van der Waals surface area contributed by atoms with E-state index in [1.54, 1.807) is 0 Å². The molecule has 1 fully saturated rings. The second kappa shape index (κ2) is 12.9. The van der Waals surface area contributed by atoms with Gasteiger partial charge in [0.1, 0.15) is 0 Å². The molecule has 0 spiro atoms. The molecule has 0 saturated carbocycles. The van der Waals surface area contributed by atoms with Crippen LogP contribution in [0.15, 0.2) is 158 Å². The third kappa shape index (κ3) is 5.90. The maximum absolute atomic E-state index is 6.50. The van der Waals surface area contributed by atoms with Gasteiger partial charge in [-0.3, -0.25) is 0 Å². The molecule has 8 aromatic rings. The highest BCUT2D eigenvalue weighted by molar-refractivity contribution is 6.65. The molecule has 2 heterocycles. The standard InChI is InChI=1S/C47H38BN3O2/c1-46(2)47(3,4)53-48(52-46)42-29-28-40(38-24-13-14-25-41(38)42)39-27-26-35(36-22-11-12-23-37(36)39)33-20-15-21-34(30-33)45-50-43(31-16-7-5-8-17-31)49-44(51-45)32-18-9-6-10-19-32/h5-30H,1-4H3. The van der Waals surface area contributed by atoms with Crippen LogP contribution in [0, 0.1) is 0 Å². The lowest BCUT2D eigenvalue weighted by Crippen LogP contribution is -2.41. The van der Waals surface area contributed by atoms with Crippen molar-refractivity contribution in [3.8, 4) is 56.4 Å². The summed E-state index contributed by atoms with van der Waals surface area (Å²) in [5.41, 5.74) is 7.61. The topological polar surface area (TPSA) is 57.1 Å². The normalized spacial score (nSPS) is 14.9. The first-order valence-corrected chi connectivity index (χ1v) is 18.1. The van der Waals surface area contributed by atoms with E-state index in [0.29, 0.717) is 17.5 Å². The average Bonchev–Trinajstić information content (AvgIpc) is 3.43. The molecule has 5 nitrogen and oxygen atoms in total. The van der Waals surface area contributed by atoms with Crippen molar-refractivity contribution in [1.29, 1.82) is 0 Å². The molecule has 0 N–H and O–H groups in total. The number of fused-ring (bicyclic) bond motifs is 2. The SMILES string of the molecule is CC1(C)OB(c2ccc(-c3ccc(-c4cccc(-c5nc(-c6ccccc6)nc(-c6ccccc6)n5)c4)c4ccccc34)c3ccccc23)OC1(C)C. The smallest absolute Gasteiger partial charge is 0.399 e. The van der Waals surface area contributed by atoms with Crippen LogP contribution in [-0.4, -0.2) is 33.3 Å². The van der Waals surface area contributed by atoms with Crippen LogP contribution in [0.2, 0.25) is 0 Å². The Morgan fingerprint density at radius 1 is 0.377 bits per heavy atom.